The van der Waals surface area contributed by atoms with Crippen LogP contribution in [-0.4, -0.2) is 38.6 Å². The topological polar surface area (TPSA) is 106 Å². The molecule has 2 aromatic carbocycles. The van der Waals surface area contributed by atoms with Crippen molar-refractivity contribution in [2.24, 2.45) is 0 Å². The van der Waals surface area contributed by atoms with Crippen molar-refractivity contribution in [3.05, 3.63) is 77.1 Å². The highest BCUT2D eigenvalue weighted by Crippen LogP contribution is 2.49. The Labute approximate surface area is 195 Å². The number of carbonyl (C=O) groups excluding carboxylic acids is 1. The second kappa shape index (κ2) is 8.73. The Balaban J connectivity index is 1.46. The number of pyridine rings is 1. The molecular weight excluding hydrogens is 440 g/mol. The average molecular weight is 461 g/mol. The molecule has 2 heterocycles. The SMILES string of the molecule is COCc1ccc(-c2ccc(NC(=O)C3(c4cccc(Cl)c4)CC3)cc2-c2nnn[nH]2)cn1. The number of anilines is 1. The standard InChI is InChI=1S/C24H21ClN6O2/c1-33-14-19-6-5-15(13-26-19)20-8-7-18(12-21(20)22-28-30-31-29-22)27-23(32)24(9-10-24)16-3-2-4-17(25)11-16/h2-8,11-13H,9-10,14H2,1H3,(H,27,32)(H,28,29,30,31). The molecule has 0 atom stereocenters. The molecule has 1 amide bonds. The zero-order valence-electron chi connectivity index (χ0n) is 17.9. The summed E-state index contributed by atoms with van der Waals surface area (Å²) in [6.07, 6.45) is 3.36. The van der Waals surface area contributed by atoms with Crippen LogP contribution >= 0.6 is 11.6 Å². The fraction of sp³-hybridized carbons (Fsp3) is 0.208. The van der Waals surface area contributed by atoms with Crippen molar-refractivity contribution in [2.75, 3.05) is 12.4 Å². The molecule has 1 fully saturated rings. The smallest absolute Gasteiger partial charge is 0.235 e. The fourth-order valence-corrected chi connectivity index (χ4v) is 4.16. The number of rotatable bonds is 7. The predicted molar refractivity (Wildman–Crippen MR) is 125 cm³/mol. The number of nitrogens with one attached hydrogen (secondary N) is 2. The average Bonchev–Trinajstić information content (AvgIpc) is 3.47. The van der Waals surface area contributed by atoms with Gasteiger partial charge in [0.15, 0.2) is 5.82 Å². The lowest BCUT2D eigenvalue weighted by molar-refractivity contribution is -0.118. The van der Waals surface area contributed by atoms with E-state index >= 15 is 0 Å². The van der Waals surface area contributed by atoms with Crippen molar-refractivity contribution in [3.63, 3.8) is 0 Å². The molecule has 33 heavy (non-hydrogen) atoms. The summed E-state index contributed by atoms with van der Waals surface area (Å²) in [6.45, 7) is 0.443. The Morgan fingerprint density at radius 2 is 2.03 bits per heavy atom. The van der Waals surface area contributed by atoms with Gasteiger partial charge in [0.1, 0.15) is 0 Å². The van der Waals surface area contributed by atoms with Gasteiger partial charge < -0.3 is 10.1 Å². The normalized spacial score (nSPS) is 14.1. The van der Waals surface area contributed by atoms with Crippen LogP contribution in [0.1, 0.15) is 24.1 Å². The van der Waals surface area contributed by atoms with Gasteiger partial charge in [-0.2, -0.15) is 0 Å². The lowest BCUT2D eigenvalue weighted by atomic mass is 9.94. The summed E-state index contributed by atoms with van der Waals surface area (Å²) in [5.74, 6) is 0.447. The predicted octanol–water partition coefficient (Wildman–Crippen LogP) is 4.40. The van der Waals surface area contributed by atoms with Crippen molar-refractivity contribution in [2.45, 2.75) is 24.9 Å². The first-order chi connectivity index (χ1) is 16.1. The van der Waals surface area contributed by atoms with Crippen molar-refractivity contribution in [1.82, 2.24) is 25.6 Å². The van der Waals surface area contributed by atoms with Gasteiger partial charge >= 0.3 is 0 Å². The summed E-state index contributed by atoms with van der Waals surface area (Å²) in [4.78, 5) is 17.7. The largest absolute Gasteiger partial charge is 0.378 e. The molecule has 8 nitrogen and oxygen atoms in total. The van der Waals surface area contributed by atoms with Gasteiger partial charge in [0.2, 0.25) is 5.91 Å². The molecule has 1 saturated carbocycles. The number of ether oxygens (including phenoxy) is 1. The van der Waals surface area contributed by atoms with Crippen LogP contribution in [0, 0.1) is 0 Å². The summed E-state index contributed by atoms with van der Waals surface area (Å²) in [6, 6.07) is 17.1. The van der Waals surface area contributed by atoms with E-state index in [4.69, 9.17) is 16.3 Å². The first kappa shape index (κ1) is 21.2. The second-order valence-corrected chi connectivity index (χ2v) is 8.46. The second-order valence-electron chi connectivity index (χ2n) is 8.03. The molecule has 1 aliphatic rings. The molecule has 5 rings (SSSR count). The Kier molecular flexibility index (Phi) is 5.62. The van der Waals surface area contributed by atoms with Crippen LogP contribution in [0.5, 0.6) is 0 Å². The number of tetrazole rings is 1. The minimum atomic E-state index is -0.543. The Bertz CT molecular complexity index is 1290. The number of aromatic amines is 1. The van der Waals surface area contributed by atoms with E-state index in [9.17, 15) is 4.79 Å². The number of amides is 1. The highest BCUT2D eigenvalue weighted by molar-refractivity contribution is 6.30. The van der Waals surface area contributed by atoms with Gasteiger partial charge in [-0.05, 0) is 64.7 Å². The van der Waals surface area contributed by atoms with E-state index in [0.29, 0.717) is 23.1 Å². The van der Waals surface area contributed by atoms with Gasteiger partial charge in [0.25, 0.3) is 0 Å². The number of benzene rings is 2. The van der Waals surface area contributed by atoms with Crippen LogP contribution in [0.25, 0.3) is 22.5 Å². The zero-order valence-corrected chi connectivity index (χ0v) is 18.6. The number of hydrogen-bond donors (Lipinski definition) is 2. The molecule has 0 spiro atoms. The lowest BCUT2D eigenvalue weighted by Gasteiger charge is -2.17. The molecule has 1 aliphatic carbocycles. The molecule has 0 unspecified atom stereocenters. The van der Waals surface area contributed by atoms with E-state index in [1.807, 2.05) is 54.6 Å². The van der Waals surface area contributed by atoms with E-state index in [1.165, 1.54) is 0 Å². The minimum absolute atomic E-state index is 0.0512. The van der Waals surface area contributed by atoms with Gasteiger partial charge in [-0.3, -0.25) is 9.78 Å². The molecule has 9 heteroatoms. The quantitative estimate of drug-likeness (QED) is 0.423. The molecule has 2 aromatic heterocycles. The van der Waals surface area contributed by atoms with E-state index in [2.05, 4.69) is 30.9 Å². The number of hydrogen-bond acceptors (Lipinski definition) is 6. The molecule has 166 valence electrons. The maximum atomic E-state index is 13.2. The number of halogens is 1. The zero-order chi connectivity index (χ0) is 22.8. The molecule has 0 radical (unpaired) electrons. The summed E-state index contributed by atoms with van der Waals surface area (Å²) in [7, 11) is 1.63. The highest BCUT2D eigenvalue weighted by atomic mass is 35.5. The molecule has 4 aromatic rings. The van der Waals surface area contributed by atoms with Crippen molar-refractivity contribution in [1.29, 1.82) is 0 Å². The fourth-order valence-electron chi connectivity index (χ4n) is 3.97. The van der Waals surface area contributed by atoms with E-state index in [1.54, 1.807) is 13.3 Å². The van der Waals surface area contributed by atoms with Gasteiger partial charge in [0.05, 0.1) is 17.7 Å². The van der Waals surface area contributed by atoms with Crippen LogP contribution < -0.4 is 5.32 Å². The number of aromatic nitrogens is 5. The third kappa shape index (κ3) is 4.22. The first-order valence-electron chi connectivity index (χ1n) is 10.5. The van der Waals surface area contributed by atoms with Gasteiger partial charge in [0, 0.05) is 35.1 Å². The minimum Gasteiger partial charge on any atom is -0.378 e. The van der Waals surface area contributed by atoms with Crippen LogP contribution in [-0.2, 0) is 21.6 Å². The van der Waals surface area contributed by atoms with Gasteiger partial charge in [-0.15, -0.1) is 5.10 Å². The summed E-state index contributed by atoms with van der Waals surface area (Å²) in [5.41, 5.74) is 4.43. The number of methoxy groups -OCH3 is 1. The molecule has 2 N–H and O–H groups in total. The van der Waals surface area contributed by atoms with Crippen molar-refractivity contribution < 1.29 is 9.53 Å². The van der Waals surface area contributed by atoms with Gasteiger partial charge in [-0.1, -0.05) is 35.9 Å². The Morgan fingerprint density at radius 1 is 1.15 bits per heavy atom. The van der Waals surface area contributed by atoms with E-state index < -0.39 is 5.41 Å². The van der Waals surface area contributed by atoms with Crippen LogP contribution in [0.2, 0.25) is 5.02 Å². The Hall–Kier alpha value is -3.62. The highest BCUT2D eigenvalue weighted by Gasteiger charge is 2.51. The summed E-state index contributed by atoms with van der Waals surface area (Å²) in [5, 5.41) is 18.0. The van der Waals surface area contributed by atoms with Crippen LogP contribution in [0.4, 0.5) is 5.69 Å². The first-order valence-corrected chi connectivity index (χ1v) is 10.9. The third-order valence-electron chi connectivity index (χ3n) is 5.87. The van der Waals surface area contributed by atoms with E-state index in [0.717, 1.165) is 40.8 Å². The summed E-state index contributed by atoms with van der Waals surface area (Å²) < 4.78 is 5.14. The Morgan fingerprint density at radius 3 is 2.70 bits per heavy atom. The molecule has 0 saturated heterocycles. The number of nitrogens with zero attached hydrogens (tertiary/aromatic N) is 4. The maximum Gasteiger partial charge on any atom is 0.235 e. The number of H-pyrrole nitrogens is 1. The van der Waals surface area contributed by atoms with Crippen LogP contribution in [0.15, 0.2) is 60.8 Å². The number of carbonyl (C=O) groups is 1. The monoisotopic (exact) mass is 460 g/mol. The van der Waals surface area contributed by atoms with Crippen molar-refractivity contribution >= 4 is 23.2 Å². The lowest BCUT2D eigenvalue weighted by Crippen LogP contribution is -2.27. The summed E-state index contributed by atoms with van der Waals surface area (Å²) >= 11 is 6.16. The third-order valence-corrected chi connectivity index (χ3v) is 6.10. The molecular formula is C24H21ClN6O2. The van der Waals surface area contributed by atoms with Gasteiger partial charge in [-0.25, -0.2) is 5.10 Å². The van der Waals surface area contributed by atoms with Crippen molar-refractivity contribution in [3.8, 4) is 22.5 Å². The van der Waals surface area contributed by atoms with Crippen LogP contribution in [0.3, 0.4) is 0 Å². The molecule has 0 bridgehead atoms. The van der Waals surface area contributed by atoms with E-state index in [-0.39, 0.29) is 5.91 Å². The maximum absolute atomic E-state index is 13.2. The molecule has 0 aliphatic heterocycles.